The van der Waals surface area contributed by atoms with Crippen LogP contribution in [0.3, 0.4) is 0 Å². The van der Waals surface area contributed by atoms with Crippen LogP contribution in [0.2, 0.25) is 0 Å². The molecule has 2 aromatic heterocycles. The van der Waals surface area contributed by atoms with Gasteiger partial charge in [0.15, 0.2) is 0 Å². The Bertz CT molecular complexity index is 1040. The minimum atomic E-state index is 0.431. The topological polar surface area (TPSA) is 50.1 Å². The number of anilines is 1. The van der Waals surface area contributed by atoms with Gasteiger partial charge in [0.05, 0.1) is 11.4 Å². The zero-order chi connectivity index (χ0) is 21.2. The molecule has 6 heteroatoms. The molecular formula is C25H32N6. The van der Waals surface area contributed by atoms with Crippen molar-refractivity contribution >= 4 is 5.95 Å². The molecule has 0 bridgehead atoms. The second-order valence-electron chi connectivity index (χ2n) is 9.10. The highest BCUT2D eigenvalue weighted by atomic mass is 15.3. The van der Waals surface area contributed by atoms with Gasteiger partial charge in [0, 0.05) is 57.1 Å². The molecule has 2 fully saturated rings. The summed E-state index contributed by atoms with van der Waals surface area (Å²) >= 11 is 0. The van der Waals surface area contributed by atoms with Crippen molar-refractivity contribution in [2.45, 2.75) is 45.1 Å². The number of nitrogens with zero attached hydrogens (tertiary/aromatic N) is 6. The highest BCUT2D eigenvalue weighted by Gasteiger charge is 2.27. The van der Waals surface area contributed by atoms with Gasteiger partial charge in [-0.1, -0.05) is 29.8 Å². The number of likely N-dealkylation sites (tertiary alicyclic amines) is 1. The maximum Gasteiger partial charge on any atom is 0.225 e. The standard InChI is InChI=1S/C25H32N6/c1-19-7-5-8-20(15-19)16-30-12-6-9-21(17-30)24-22(18-29(2)28-24)23-10-11-26-25(27-23)31-13-3-4-14-31/h5,7-8,10-11,15,18,21H,3-4,6,9,12-14,16-17H2,1-2H3. The van der Waals surface area contributed by atoms with E-state index in [0.717, 1.165) is 49.9 Å². The van der Waals surface area contributed by atoms with Crippen LogP contribution in [0.15, 0.2) is 42.7 Å². The second kappa shape index (κ2) is 8.79. The molecule has 162 valence electrons. The van der Waals surface area contributed by atoms with Gasteiger partial charge in [0.25, 0.3) is 0 Å². The van der Waals surface area contributed by atoms with E-state index in [-0.39, 0.29) is 0 Å². The van der Waals surface area contributed by atoms with Crippen LogP contribution in [0.25, 0.3) is 11.3 Å². The quantitative estimate of drug-likeness (QED) is 0.625. The number of hydrogen-bond donors (Lipinski definition) is 0. The molecule has 0 radical (unpaired) electrons. The largest absolute Gasteiger partial charge is 0.341 e. The smallest absolute Gasteiger partial charge is 0.225 e. The Labute approximate surface area is 184 Å². The normalized spacial score (nSPS) is 19.8. The van der Waals surface area contributed by atoms with E-state index in [2.05, 4.69) is 52.2 Å². The van der Waals surface area contributed by atoms with E-state index in [1.54, 1.807) is 0 Å². The van der Waals surface area contributed by atoms with Crippen molar-refractivity contribution in [3.05, 3.63) is 59.5 Å². The van der Waals surface area contributed by atoms with Crippen LogP contribution in [0.5, 0.6) is 0 Å². The van der Waals surface area contributed by atoms with Crippen molar-refractivity contribution in [2.24, 2.45) is 7.05 Å². The lowest BCUT2D eigenvalue weighted by atomic mass is 9.91. The minimum Gasteiger partial charge on any atom is -0.341 e. The van der Waals surface area contributed by atoms with E-state index < -0.39 is 0 Å². The zero-order valence-electron chi connectivity index (χ0n) is 18.7. The summed E-state index contributed by atoms with van der Waals surface area (Å²) < 4.78 is 1.95. The van der Waals surface area contributed by atoms with Gasteiger partial charge in [-0.05, 0) is 50.8 Å². The third-order valence-corrected chi connectivity index (χ3v) is 6.55. The molecule has 0 amide bonds. The summed E-state index contributed by atoms with van der Waals surface area (Å²) in [4.78, 5) is 14.4. The van der Waals surface area contributed by atoms with Crippen LogP contribution in [0.4, 0.5) is 5.95 Å². The Kier molecular flexibility index (Phi) is 5.72. The molecule has 5 rings (SSSR count). The number of aryl methyl sites for hydroxylation is 2. The van der Waals surface area contributed by atoms with E-state index in [0.29, 0.717) is 5.92 Å². The molecule has 4 heterocycles. The van der Waals surface area contributed by atoms with Crippen LogP contribution in [-0.2, 0) is 13.6 Å². The van der Waals surface area contributed by atoms with E-state index in [1.165, 1.54) is 42.5 Å². The van der Waals surface area contributed by atoms with Crippen molar-refractivity contribution in [3.8, 4) is 11.3 Å². The highest BCUT2D eigenvalue weighted by molar-refractivity contribution is 5.63. The van der Waals surface area contributed by atoms with Crippen LogP contribution in [0, 0.1) is 6.92 Å². The highest BCUT2D eigenvalue weighted by Crippen LogP contribution is 2.34. The van der Waals surface area contributed by atoms with Gasteiger partial charge in [0.2, 0.25) is 5.95 Å². The number of rotatable bonds is 5. The molecule has 0 N–H and O–H groups in total. The van der Waals surface area contributed by atoms with Gasteiger partial charge in [-0.2, -0.15) is 5.10 Å². The maximum absolute atomic E-state index is 4.94. The fourth-order valence-electron chi connectivity index (χ4n) is 5.06. The van der Waals surface area contributed by atoms with Crippen LogP contribution < -0.4 is 4.90 Å². The first-order valence-electron chi connectivity index (χ1n) is 11.6. The predicted molar refractivity (Wildman–Crippen MR) is 124 cm³/mol. The fraction of sp³-hybridized carbons (Fsp3) is 0.480. The average molecular weight is 417 g/mol. The molecule has 2 aliphatic heterocycles. The number of piperidine rings is 1. The van der Waals surface area contributed by atoms with E-state index in [4.69, 9.17) is 10.1 Å². The van der Waals surface area contributed by atoms with Gasteiger partial charge in [-0.15, -0.1) is 0 Å². The summed E-state index contributed by atoms with van der Waals surface area (Å²) in [5.74, 6) is 1.29. The molecule has 31 heavy (non-hydrogen) atoms. The summed E-state index contributed by atoms with van der Waals surface area (Å²) in [6.45, 7) is 7.48. The van der Waals surface area contributed by atoms with Crippen molar-refractivity contribution in [3.63, 3.8) is 0 Å². The average Bonchev–Trinajstić information content (AvgIpc) is 3.44. The minimum absolute atomic E-state index is 0.431. The predicted octanol–water partition coefficient (Wildman–Crippen LogP) is 4.17. The second-order valence-corrected chi connectivity index (χ2v) is 9.10. The van der Waals surface area contributed by atoms with Crippen LogP contribution >= 0.6 is 0 Å². The number of benzene rings is 1. The molecular weight excluding hydrogens is 384 g/mol. The summed E-state index contributed by atoms with van der Waals surface area (Å²) in [5.41, 5.74) is 6.06. The van der Waals surface area contributed by atoms with E-state index >= 15 is 0 Å². The number of hydrogen-bond acceptors (Lipinski definition) is 5. The lowest BCUT2D eigenvalue weighted by molar-refractivity contribution is 0.198. The van der Waals surface area contributed by atoms with Crippen molar-refractivity contribution in [1.29, 1.82) is 0 Å². The Hall–Kier alpha value is -2.73. The first-order chi connectivity index (χ1) is 15.2. The molecule has 1 unspecified atom stereocenters. The Morgan fingerprint density at radius 3 is 2.77 bits per heavy atom. The van der Waals surface area contributed by atoms with Crippen LogP contribution in [-0.4, -0.2) is 50.8 Å². The molecule has 3 aromatic rings. The third kappa shape index (κ3) is 4.49. The molecule has 0 saturated carbocycles. The fourth-order valence-corrected chi connectivity index (χ4v) is 5.06. The maximum atomic E-state index is 4.94. The molecule has 1 atom stereocenters. The Morgan fingerprint density at radius 2 is 1.94 bits per heavy atom. The molecule has 2 aliphatic rings. The third-order valence-electron chi connectivity index (χ3n) is 6.55. The number of aromatic nitrogens is 4. The lowest BCUT2D eigenvalue weighted by Gasteiger charge is -2.32. The summed E-state index contributed by atoms with van der Waals surface area (Å²) in [6.07, 6.45) is 8.87. The molecule has 2 saturated heterocycles. The SMILES string of the molecule is Cc1cccc(CN2CCCC(c3nn(C)cc3-c3ccnc(N4CCCC4)n3)C2)c1. The van der Waals surface area contributed by atoms with Gasteiger partial charge < -0.3 is 4.90 Å². The van der Waals surface area contributed by atoms with Crippen molar-refractivity contribution in [2.75, 3.05) is 31.1 Å². The Balaban J connectivity index is 1.38. The zero-order valence-corrected chi connectivity index (χ0v) is 18.7. The monoisotopic (exact) mass is 416 g/mol. The molecule has 1 aromatic carbocycles. The first kappa shape index (κ1) is 20.2. The van der Waals surface area contributed by atoms with Crippen LogP contribution in [0.1, 0.15) is 48.4 Å². The van der Waals surface area contributed by atoms with Crippen molar-refractivity contribution < 1.29 is 0 Å². The molecule has 6 nitrogen and oxygen atoms in total. The van der Waals surface area contributed by atoms with E-state index in [1.807, 2.05) is 24.0 Å². The summed E-state index contributed by atoms with van der Waals surface area (Å²) in [7, 11) is 2.02. The van der Waals surface area contributed by atoms with Gasteiger partial charge >= 0.3 is 0 Å². The van der Waals surface area contributed by atoms with Gasteiger partial charge in [-0.3, -0.25) is 9.58 Å². The lowest BCUT2D eigenvalue weighted by Crippen LogP contribution is -2.34. The van der Waals surface area contributed by atoms with Gasteiger partial charge in [0.1, 0.15) is 0 Å². The molecule has 0 spiro atoms. The summed E-state index contributed by atoms with van der Waals surface area (Å²) in [6, 6.07) is 10.9. The summed E-state index contributed by atoms with van der Waals surface area (Å²) in [5, 5.41) is 4.91. The van der Waals surface area contributed by atoms with Crippen molar-refractivity contribution in [1.82, 2.24) is 24.6 Å². The first-order valence-corrected chi connectivity index (χ1v) is 11.6. The van der Waals surface area contributed by atoms with E-state index in [9.17, 15) is 0 Å². The molecule has 0 aliphatic carbocycles. The Morgan fingerprint density at radius 1 is 1.06 bits per heavy atom. The van der Waals surface area contributed by atoms with Gasteiger partial charge in [-0.25, -0.2) is 9.97 Å².